The Morgan fingerprint density at radius 3 is 2.03 bits per heavy atom. The Bertz CT molecular complexity index is 1480. The molecule has 0 aliphatic rings. The SMILES string of the molecule is CCCCCCCCC(c1ccccc1)(c1ccc(O)c(S(=O)(=O)c2ccccc2)c1)c1cc(C)ccc1C. The fraction of sp³-hybridized carbons (Fsp3) is 0.314. The Hall–Kier alpha value is -3.37. The van der Waals surface area contributed by atoms with Gasteiger partial charge in [-0.15, -0.1) is 0 Å². The minimum absolute atomic E-state index is 0.0558. The van der Waals surface area contributed by atoms with Crippen molar-refractivity contribution >= 4 is 9.84 Å². The molecule has 4 rings (SSSR count). The Morgan fingerprint density at radius 1 is 0.692 bits per heavy atom. The lowest BCUT2D eigenvalue weighted by molar-refractivity contribution is 0.455. The van der Waals surface area contributed by atoms with E-state index >= 15 is 0 Å². The Balaban J connectivity index is 1.94. The molecule has 0 radical (unpaired) electrons. The molecule has 1 N–H and O–H groups in total. The van der Waals surface area contributed by atoms with Crippen molar-refractivity contribution < 1.29 is 13.5 Å². The summed E-state index contributed by atoms with van der Waals surface area (Å²) >= 11 is 0. The van der Waals surface area contributed by atoms with Crippen LogP contribution in [0.25, 0.3) is 0 Å². The molecule has 0 spiro atoms. The molecule has 0 heterocycles. The van der Waals surface area contributed by atoms with Gasteiger partial charge in [0, 0.05) is 5.41 Å². The van der Waals surface area contributed by atoms with Crippen LogP contribution in [0.4, 0.5) is 0 Å². The van der Waals surface area contributed by atoms with Crippen LogP contribution in [-0.4, -0.2) is 13.5 Å². The van der Waals surface area contributed by atoms with Crippen LogP contribution in [0.15, 0.2) is 107 Å². The Morgan fingerprint density at radius 2 is 1.33 bits per heavy atom. The van der Waals surface area contributed by atoms with Crippen LogP contribution in [0, 0.1) is 13.8 Å². The van der Waals surface area contributed by atoms with Crippen molar-refractivity contribution in [2.24, 2.45) is 0 Å². The fourth-order valence-electron chi connectivity index (χ4n) is 5.71. The normalized spacial score (nSPS) is 13.2. The third kappa shape index (κ3) is 6.12. The highest BCUT2D eigenvalue weighted by atomic mass is 32.2. The summed E-state index contributed by atoms with van der Waals surface area (Å²) in [5.41, 5.74) is 4.93. The number of sulfone groups is 1. The summed E-state index contributed by atoms with van der Waals surface area (Å²) in [6.45, 7) is 6.47. The van der Waals surface area contributed by atoms with Gasteiger partial charge in [0.2, 0.25) is 9.84 Å². The van der Waals surface area contributed by atoms with E-state index < -0.39 is 15.3 Å². The van der Waals surface area contributed by atoms with E-state index in [4.69, 9.17) is 0 Å². The van der Waals surface area contributed by atoms with E-state index in [-0.39, 0.29) is 15.5 Å². The number of benzene rings is 4. The highest BCUT2D eigenvalue weighted by Crippen LogP contribution is 2.47. The maximum atomic E-state index is 13.7. The van der Waals surface area contributed by atoms with Crippen molar-refractivity contribution in [2.45, 2.75) is 80.9 Å². The third-order valence-corrected chi connectivity index (χ3v) is 9.62. The fourth-order valence-corrected chi connectivity index (χ4v) is 7.11. The first-order valence-electron chi connectivity index (χ1n) is 14.1. The predicted molar refractivity (Wildman–Crippen MR) is 160 cm³/mol. The van der Waals surface area contributed by atoms with Crippen molar-refractivity contribution in [1.29, 1.82) is 0 Å². The summed E-state index contributed by atoms with van der Waals surface area (Å²) in [6, 6.07) is 30.5. The monoisotopic (exact) mass is 540 g/mol. The van der Waals surface area contributed by atoms with Crippen LogP contribution in [0.2, 0.25) is 0 Å². The van der Waals surface area contributed by atoms with Gasteiger partial charge in [-0.1, -0.05) is 124 Å². The lowest BCUT2D eigenvalue weighted by Gasteiger charge is -2.38. The van der Waals surface area contributed by atoms with E-state index in [2.05, 4.69) is 63.2 Å². The van der Waals surface area contributed by atoms with Crippen LogP contribution in [0.3, 0.4) is 0 Å². The van der Waals surface area contributed by atoms with Crippen LogP contribution in [-0.2, 0) is 15.3 Å². The zero-order valence-electron chi connectivity index (χ0n) is 23.4. The number of hydrogen-bond acceptors (Lipinski definition) is 3. The molecule has 0 amide bonds. The molecule has 4 heteroatoms. The summed E-state index contributed by atoms with van der Waals surface area (Å²) in [5.74, 6) is -0.231. The second-order valence-corrected chi connectivity index (χ2v) is 12.5. The molecule has 0 aliphatic heterocycles. The molecule has 0 saturated heterocycles. The van der Waals surface area contributed by atoms with E-state index in [0.29, 0.717) is 0 Å². The third-order valence-electron chi connectivity index (χ3n) is 7.82. The highest BCUT2D eigenvalue weighted by Gasteiger charge is 2.38. The Labute approximate surface area is 234 Å². The van der Waals surface area contributed by atoms with Gasteiger partial charge in [0.1, 0.15) is 10.6 Å². The highest BCUT2D eigenvalue weighted by molar-refractivity contribution is 7.91. The molecule has 1 atom stereocenters. The largest absolute Gasteiger partial charge is 0.507 e. The smallest absolute Gasteiger partial charge is 0.210 e. The van der Waals surface area contributed by atoms with Crippen molar-refractivity contribution in [2.75, 3.05) is 0 Å². The van der Waals surface area contributed by atoms with Crippen LogP contribution < -0.4 is 0 Å². The molecule has 0 aromatic heterocycles. The summed E-state index contributed by atoms with van der Waals surface area (Å²) in [4.78, 5) is 0.116. The maximum Gasteiger partial charge on any atom is 0.210 e. The number of phenolic OH excluding ortho intramolecular Hbond substituents is 1. The molecule has 4 aromatic rings. The topological polar surface area (TPSA) is 54.4 Å². The molecular formula is C35H40O3S. The first-order valence-corrected chi connectivity index (χ1v) is 15.6. The maximum absolute atomic E-state index is 13.7. The van der Waals surface area contributed by atoms with Crippen molar-refractivity contribution in [3.05, 3.63) is 125 Å². The van der Waals surface area contributed by atoms with Crippen molar-refractivity contribution in [3.8, 4) is 5.75 Å². The average molecular weight is 541 g/mol. The van der Waals surface area contributed by atoms with Gasteiger partial charge in [0.15, 0.2) is 0 Å². The molecule has 0 aliphatic carbocycles. The number of aryl methyl sites for hydroxylation is 2. The van der Waals surface area contributed by atoms with Gasteiger partial charge in [-0.3, -0.25) is 0 Å². The zero-order valence-corrected chi connectivity index (χ0v) is 24.2. The lowest BCUT2D eigenvalue weighted by atomic mass is 9.65. The predicted octanol–water partition coefficient (Wildman–Crippen LogP) is 8.93. The first-order chi connectivity index (χ1) is 18.8. The first kappa shape index (κ1) is 28.6. The zero-order chi connectivity index (χ0) is 27.9. The summed E-state index contributed by atoms with van der Waals surface area (Å²) < 4.78 is 27.5. The molecule has 4 aromatic carbocycles. The van der Waals surface area contributed by atoms with Gasteiger partial charge >= 0.3 is 0 Å². The lowest BCUT2D eigenvalue weighted by Crippen LogP contribution is -2.31. The van der Waals surface area contributed by atoms with Gasteiger partial charge in [0.25, 0.3) is 0 Å². The van der Waals surface area contributed by atoms with Crippen LogP contribution >= 0.6 is 0 Å². The quantitative estimate of drug-likeness (QED) is 0.144. The number of aromatic hydroxyl groups is 1. The second-order valence-electron chi connectivity index (χ2n) is 10.6. The van der Waals surface area contributed by atoms with E-state index in [9.17, 15) is 13.5 Å². The van der Waals surface area contributed by atoms with Crippen LogP contribution in [0.5, 0.6) is 5.75 Å². The average Bonchev–Trinajstić information content (AvgIpc) is 2.95. The van der Waals surface area contributed by atoms with E-state index in [1.165, 1.54) is 31.2 Å². The van der Waals surface area contributed by atoms with E-state index in [0.717, 1.165) is 41.5 Å². The summed E-state index contributed by atoms with van der Waals surface area (Å²) in [7, 11) is -3.92. The molecule has 39 heavy (non-hydrogen) atoms. The second kappa shape index (κ2) is 12.7. The number of phenols is 1. The molecule has 1 unspecified atom stereocenters. The van der Waals surface area contributed by atoms with Crippen LogP contribution in [0.1, 0.15) is 79.7 Å². The number of rotatable bonds is 12. The molecule has 3 nitrogen and oxygen atoms in total. The summed E-state index contributed by atoms with van der Waals surface area (Å²) in [6.07, 6.45) is 7.84. The molecule has 0 fully saturated rings. The molecule has 0 saturated carbocycles. The Kier molecular flexibility index (Phi) is 9.29. The van der Waals surface area contributed by atoms with Crippen molar-refractivity contribution in [1.82, 2.24) is 0 Å². The van der Waals surface area contributed by atoms with E-state index in [1.807, 2.05) is 12.1 Å². The van der Waals surface area contributed by atoms with E-state index in [1.54, 1.807) is 42.5 Å². The standard InChI is InChI=1S/C35H40O3S/c1-4-5-6-7-8-15-24-35(29-16-11-9-12-17-29,32-25-27(2)20-21-28(32)3)30-22-23-33(36)34(26-30)39(37,38)31-18-13-10-14-19-31/h9-14,16-23,25-26,36H,4-8,15,24H2,1-3H3. The van der Waals surface area contributed by atoms with Gasteiger partial charge < -0.3 is 5.11 Å². The minimum Gasteiger partial charge on any atom is -0.507 e. The molecule has 0 bridgehead atoms. The molecular weight excluding hydrogens is 500 g/mol. The minimum atomic E-state index is -3.92. The van der Waals surface area contributed by atoms with Gasteiger partial charge in [-0.05, 0) is 66.8 Å². The van der Waals surface area contributed by atoms with Gasteiger partial charge in [-0.25, -0.2) is 8.42 Å². The number of hydrogen-bond donors (Lipinski definition) is 1. The van der Waals surface area contributed by atoms with Gasteiger partial charge in [-0.2, -0.15) is 0 Å². The number of unbranched alkanes of at least 4 members (excludes halogenated alkanes) is 5. The van der Waals surface area contributed by atoms with Gasteiger partial charge in [0.05, 0.1) is 4.90 Å². The van der Waals surface area contributed by atoms with Crippen molar-refractivity contribution in [3.63, 3.8) is 0 Å². The molecule has 204 valence electrons. The summed E-state index contributed by atoms with van der Waals surface area (Å²) in [5, 5.41) is 10.9.